The molecule has 0 bridgehead atoms. The number of halogens is 1. The lowest BCUT2D eigenvalue weighted by atomic mass is 10.1. The number of ether oxygens (including phenoxy) is 3. The molecule has 0 aliphatic heterocycles. The summed E-state index contributed by atoms with van der Waals surface area (Å²) in [7, 11) is 1.60. The van der Waals surface area contributed by atoms with Crippen molar-refractivity contribution in [1.82, 2.24) is 10.6 Å². The van der Waals surface area contributed by atoms with Crippen LogP contribution in [0.1, 0.15) is 30.5 Å². The number of nitrogens with zero attached hydrogens (tertiary/aromatic N) is 1. The Kier molecular flexibility index (Phi) is 12.8. The van der Waals surface area contributed by atoms with Gasteiger partial charge in [-0.15, -0.1) is 24.0 Å². The van der Waals surface area contributed by atoms with E-state index in [9.17, 15) is 5.11 Å². The number of aryl methyl sites for hydroxylation is 1. The molecule has 0 aliphatic rings. The Morgan fingerprint density at radius 2 is 1.84 bits per heavy atom. The summed E-state index contributed by atoms with van der Waals surface area (Å²) in [4.78, 5) is 4.59. The van der Waals surface area contributed by atoms with Gasteiger partial charge >= 0.3 is 0 Å². The molecule has 0 fully saturated rings. The first kappa shape index (κ1) is 26.8. The first-order chi connectivity index (χ1) is 14.6. The maximum absolute atomic E-state index is 10.1. The van der Waals surface area contributed by atoms with E-state index in [2.05, 4.69) is 27.8 Å². The van der Waals surface area contributed by atoms with Crippen LogP contribution < -0.4 is 20.1 Å². The van der Waals surface area contributed by atoms with Crippen molar-refractivity contribution in [2.24, 2.45) is 4.99 Å². The number of nitrogens with one attached hydrogen (secondary N) is 2. The molecule has 0 aromatic heterocycles. The second-order valence-electron chi connectivity index (χ2n) is 6.70. The number of guanidine groups is 1. The highest BCUT2D eigenvalue weighted by Crippen LogP contribution is 2.23. The summed E-state index contributed by atoms with van der Waals surface area (Å²) < 4.78 is 16.5. The molecule has 172 valence electrons. The fourth-order valence-electron chi connectivity index (χ4n) is 2.80. The Balaban J connectivity index is 0.00000480. The summed E-state index contributed by atoms with van der Waals surface area (Å²) >= 11 is 0. The largest absolute Gasteiger partial charge is 0.508 e. The van der Waals surface area contributed by atoms with Crippen LogP contribution in [0, 0.1) is 6.92 Å². The van der Waals surface area contributed by atoms with Crippen LogP contribution in [-0.2, 0) is 17.8 Å². The molecule has 2 aromatic carbocycles. The van der Waals surface area contributed by atoms with Gasteiger partial charge in [-0.1, -0.05) is 12.1 Å². The summed E-state index contributed by atoms with van der Waals surface area (Å²) in [5.41, 5.74) is 2.87. The summed E-state index contributed by atoms with van der Waals surface area (Å²) in [6.07, 6.45) is 0. The number of methoxy groups -OCH3 is 1. The molecule has 31 heavy (non-hydrogen) atoms. The van der Waals surface area contributed by atoms with Gasteiger partial charge in [0.05, 0.1) is 20.3 Å². The van der Waals surface area contributed by atoms with Gasteiger partial charge in [-0.25, -0.2) is 4.99 Å². The Bertz CT molecular complexity index is 830. The van der Waals surface area contributed by atoms with Crippen molar-refractivity contribution in [3.63, 3.8) is 0 Å². The Hall–Kier alpha value is -2.20. The minimum Gasteiger partial charge on any atom is -0.508 e. The molecular weight excluding hydrogens is 509 g/mol. The minimum absolute atomic E-state index is 0. The molecule has 3 N–H and O–H groups in total. The van der Waals surface area contributed by atoms with Crippen molar-refractivity contribution in [2.75, 3.05) is 33.5 Å². The quantitative estimate of drug-likeness (QED) is 0.172. The van der Waals surface area contributed by atoms with Gasteiger partial charge in [-0.05, 0) is 50.6 Å². The molecule has 0 radical (unpaired) electrons. The van der Waals surface area contributed by atoms with Crippen LogP contribution in [0.2, 0.25) is 0 Å². The van der Waals surface area contributed by atoms with Gasteiger partial charge in [-0.2, -0.15) is 0 Å². The summed E-state index contributed by atoms with van der Waals surface area (Å²) in [6.45, 7) is 9.36. The lowest BCUT2D eigenvalue weighted by Gasteiger charge is -2.15. The van der Waals surface area contributed by atoms with Crippen LogP contribution in [0.5, 0.6) is 17.2 Å². The number of benzene rings is 2. The number of phenolic OH excluding ortho intramolecular Hbond substituents is 1. The maximum atomic E-state index is 10.1. The van der Waals surface area contributed by atoms with Crippen LogP contribution in [0.4, 0.5) is 0 Å². The second-order valence-corrected chi connectivity index (χ2v) is 6.70. The van der Waals surface area contributed by atoms with Crippen molar-refractivity contribution >= 4 is 29.9 Å². The molecule has 2 rings (SSSR count). The fourth-order valence-corrected chi connectivity index (χ4v) is 2.80. The number of aliphatic imine (C=N–C) groups is 1. The highest BCUT2D eigenvalue weighted by Gasteiger charge is 2.07. The van der Waals surface area contributed by atoms with Gasteiger partial charge in [0, 0.05) is 30.8 Å². The summed E-state index contributed by atoms with van der Waals surface area (Å²) in [5, 5.41) is 16.6. The molecule has 0 heterocycles. The first-order valence-corrected chi connectivity index (χ1v) is 10.3. The van der Waals surface area contributed by atoms with E-state index >= 15 is 0 Å². The van der Waals surface area contributed by atoms with E-state index in [0.29, 0.717) is 50.2 Å². The van der Waals surface area contributed by atoms with E-state index < -0.39 is 0 Å². The van der Waals surface area contributed by atoms with Crippen LogP contribution in [-0.4, -0.2) is 44.5 Å². The van der Waals surface area contributed by atoms with Gasteiger partial charge in [0.2, 0.25) is 0 Å². The van der Waals surface area contributed by atoms with E-state index in [1.54, 1.807) is 25.3 Å². The van der Waals surface area contributed by atoms with Crippen LogP contribution in [0.25, 0.3) is 0 Å². The van der Waals surface area contributed by atoms with Crippen molar-refractivity contribution < 1.29 is 19.3 Å². The minimum atomic E-state index is 0. The summed E-state index contributed by atoms with van der Waals surface area (Å²) in [6, 6.07) is 11.3. The third-order valence-electron chi connectivity index (χ3n) is 4.40. The van der Waals surface area contributed by atoms with E-state index in [1.807, 2.05) is 26.8 Å². The van der Waals surface area contributed by atoms with E-state index in [-0.39, 0.29) is 29.7 Å². The first-order valence-electron chi connectivity index (χ1n) is 10.3. The number of phenols is 1. The molecule has 0 amide bonds. The van der Waals surface area contributed by atoms with Gasteiger partial charge in [0.25, 0.3) is 0 Å². The smallest absolute Gasteiger partial charge is 0.191 e. The SMILES string of the molecule is CCNC(=NCc1cc(OC)ccc1O)NCc1ccc(C)cc1OCCOCC.I. The third kappa shape index (κ3) is 9.22. The van der Waals surface area contributed by atoms with Gasteiger partial charge in [-0.3, -0.25) is 0 Å². The van der Waals surface area contributed by atoms with Gasteiger partial charge < -0.3 is 30.0 Å². The molecular formula is C23H34IN3O4. The standard InChI is InChI=1S/C23H33N3O4.HI/c1-5-24-23(26-16-19-14-20(28-4)9-10-21(19)27)25-15-18-8-7-17(3)13-22(18)30-12-11-29-6-2;/h7-10,13-14,27H,5-6,11-12,15-16H2,1-4H3,(H2,24,25,26);1H. The zero-order valence-electron chi connectivity index (χ0n) is 18.7. The van der Waals surface area contributed by atoms with Crippen molar-refractivity contribution in [1.29, 1.82) is 0 Å². The maximum Gasteiger partial charge on any atom is 0.191 e. The third-order valence-corrected chi connectivity index (χ3v) is 4.40. The molecule has 0 saturated heterocycles. The van der Waals surface area contributed by atoms with Crippen LogP contribution in [0.15, 0.2) is 41.4 Å². The Morgan fingerprint density at radius 1 is 1.03 bits per heavy atom. The average Bonchev–Trinajstić information content (AvgIpc) is 2.75. The predicted octanol–water partition coefficient (Wildman–Crippen LogP) is 4.00. The lowest BCUT2D eigenvalue weighted by molar-refractivity contribution is 0.110. The highest BCUT2D eigenvalue weighted by molar-refractivity contribution is 14.0. The van der Waals surface area contributed by atoms with Crippen molar-refractivity contribution in [2.45, 2.75) is 33.9 Å². The fraction of sp³-hybridized carbons (Fsp3) is 0.435. The van der Waals surface area contributed by atoms with E-state index in [0.717, 1.165) is 23.4 Å². The van der Waals surface area contributed by atoms with Crippen LogP contribution >= 0.6 is 24.0 Å². The van der Waals surface area contributed by atoms with Crippen LogP contribution in [0.3, 0.4) is 0 Å². The number of hydrogen-bond acceptors (Lipinski definition) is 5. The number of hydrogen-bond donors (Lipinski definition) is 3. The molecule has 0 spiro atoms. The normalized spacial score (nSPS) is 10.9. The summed E-state index contributed by atoms with van der Waals surface area (Å²) in [5.74, 6) is 2.37. The molecule has 0 atom stereocenters. The number of rotatable bonds is 11. The zero-order valence-corrected chi connectivity index (χ0v) is 21.1. The topological polar surface area (TPSA) is 84.3 Å². The van der Waals surface area contributed by atoms with E-state index in [4.69, 9.17) is 14.2 Å². The molecule has 0 aliphatic carbocycles. The molecule has 0 saturated carbocycles. The second kappa shape index (κ2) is 14.7. The molecule has 2 aromatic rings. The van der Waals surface area contributed by atoms with E-state index in [1.165, 1.54) is 0 Å². The zero-order chi connectivity index (χ0) is 21.8. The Morgan fingerprint density at radius 3 is 2.55 bits per heavy atom. The van der Waals surface area contributed by atoms with Crippen molar-refractivity contribution in [3.8, 4) is 17.2 Å². The van der Waals surface area contributed by atoms with Crippen molar-refractivity contribution in [3.05, 3.63) is 53.1 Å². The average molecular weight is 543 g/mol. The van der Waals surface area contributed by atoms with Gasteiger partial charge in [0.1, 0.15) is 23.9 Å². The highest BCUT2D eigenvalue weighted by atomic mass is 127. The Labute approximate surface area is 202 Å². The molecule has 0 unspecified atom stereocenters. The molecule has 7 nitrogen and oxygen atoms in total. The molecule has 8 heteroatoms. The number of aromatic hydroxyl groups is 1. The lowest BCUT2D eigenvalue weighted by Crippen LogP contribution is -2.36. The predicted molar refractivity (Wildman–Crippen MR) is 135 cm³/mol. The van der Waals surface area contributed by atoms with Gasteiger partial charge in [0.15, 0.2) is 5.96 Å². The monoisotopic (exact) mass is 543 g/mol.